The van der Waals surface area contributed by atoms with Crippen LogP contribution in [0.1, 0.15) is 0 Å². The van der Waals surface area contributed by atoms with Crippen LogP contribution in [0.25, 0.3) is 0 Å². The van der Waals surface area contributed by atoms with E-state index in [2.05, 4.69) is 31.0 Å². The number of alkyl halides is 3. The highest BCUT2D eigenvalue weighted by Crippen LogP contribution is 2.37. The van der Waals surface area contributed by atoms with E-state index in [9.17, 15) is 13.2 Å². The molecule has 0 aromatic heterocycles. The van der Waals surface area contributed by atoms with Gasteiger partial charge in [0.15, 0.2) is 11.4 Å². The summed E-state index contributed by atoms with van der Waals surface area (Å²) in [6.45, 7) is 0. The Morgan fingerprint density at radius 2 is 2.20 bits per heavy atom. The van der Waals surface area contributed by atoms with Crippen LogP contribution in [-0.4, -0.2) is 17.8 Å². The second-order valence-corrected chi connectivity index (χ2v) is 5.95. The molecule has 0 spiro atoms. The maximum absolute atomic E-state index is 12.2. The molecule has 1 N–H and O–H groups in total. The number of rotatable bonds is 2. The third-order valence-electron chi connectivity index (χ3n) is 1.79. The molecule has 0 atom stereocenters. The molecule has 0 fully saturated rings. The molecule has 0 saturated carbocycles. The Labute approximate surface area is 139 Å². The van der Waals surface area contributed by atoms with Gasteiger partial charge in [-0.05, 0) is 56.9 Å². The summed E-state index contributed by atoms with van der Waals surface area (Å²) in [6, 6.07) is 2.38. The van der Waals surface area contributed by atoms with E-state index in [1.54, 1.807) is 12.4 Å². The molecule has 20 heavy (non-hydrogen) atoms. The van der Waals surface area contributed by atoms with Crippen LogP contribution in [-0.2, 0) is 0 Å². The molecular formula is C10H6BrF3IN3OS. The van der Waals surface area contributed by atoms with Gasteiger partial charge >= 0.3 is 6.36 Å². The van der Waals surface area contributed by atoms with E-state index in [1.807, 2.05) is 22.6 Å². The molecule has 0 aliphatic rings. The molecule has 0 amide bonds. The standard InChI is InChI=1S/C10H6BrF3IN3OS/c1-20-9(17-4-16)18-8-6(11)2-5(3-7(8)15)19-10(12,13)14/h2-3H,1H3,(H,17,18). The number of halogens is 5. The first-order chi connectivity index (χ1) is 9.26. The van der Waals surface area contributed by atoms with Gasteiger partial charge in [-0.25, -0.2) is 4.99 Å². The summed E-state index contributed by atoms with van der Waals surface area (Å²) in [5.74, 6) is -0.341. The van der Waals surface area contributed by atoms with Gasteiger partial charge in [0, 0.05) is 8.04 Å². The number of thioether (sulfide) groups is 1. The molecule has 0 aliphatic heterocycles. The summed E-state index contributed by atoms with van der Waals surface area (Å²) in [7, 11) is 0. The smallest absolute Gasteiger partial charge is 0.406 e. The molecule has 1 rings (SSSR count). The predicted molar refractivity (Wildman–Crippen MR) is 82.9 cm³/mol. The minimum absolute atomic E-state index is 0.329. The first-order valence-corrected chi connectivity index (χ1v) is 7.89. The average Bonchev–Trinajstić information content (AvgIpc) is 2.30. The van der Waals surface area contributed by atoms with E-state index in [0.29, 0.717) is 18.9 Å². The van der Waals surface area contributed by atoms with Crippen molar-refractivity contribution in [3.63, 3.8) is 0 Å². The van der Waals surface area contributed by atoms with E-state index in [4.69, 9.17) is 5.26 Å². The van der Waals surface area contributed by atoms with E-state index in [-0.39, 0.29) is 5.75 Å². The van der Waals surface area contributed by atoms with Gasteiger partial charge in [0.25, 0.3) is 0 Å². The third-order valence-corrected chi connectivity index (χ3v) is 3.80. The Balaban J connectivity index is 3.16. The van der Waals surface area contributed by atoms with Gasteiger partial charge in [-0.1, -0.05) is 11.8 Å². The number of nitrogens with zero attached hydrogens (tertiary/aromatic N) is 2. The van der Waals surface area contributed by atoms with Gasteiger partial charge in [0.05, 0.1) is 5.69 Å². The molecule has 4 nitrogen and oxygen atoms in total. The van der Waals surface area contributed by atoms with Crippen LogP contribution in [0.15, 0.2) is 21.6 Å². The van der Waals surface area contributed by atoms with Crippen LogP contribution in [0, 0.1) is 15.0 Å². The van der Waals surface area contributed by atoms with E-state index in [0.717, 1.165) is 0 Å². The molecule has 0 unspecified atom stereocenters. The molecule has 1 aromatic rings. The third kappa shape index (κ3) is 5.37. The van der Waals surface area contributed by atoms with Gasteiger partial charge in [-0.2, -0.15) is 5.26 Å². The Kier molecular flexibility index (Phi) is 6.41. The number of amidine groups is 1. The largest absolute Gasteiger partial charge is 0.573 e. The molecule has 0 aliphatic carbocycles. The lowest BCUT2D eigenvalue weighted by Crippen LogP contribution is -2.17. The van der Waals surface area contributed by atoms with Crippen LogP contribution < -0.4 is 10.1 Å². The van der Waals surface area contributed by atoms with Crippen molar-refractivity contribution in [1.29, 1.82) is 5.26 Å². The predicted octanol–water partition coefficient (Wildman–Crippen LogP) is 4.37. The molecule has 108 valence electrons. The van der Waals surface area contributed by atoms with Crippen molar-refractivity contribution in [2.75, 3.05) is 6.26 Å². The molecule has 0 bridgehead atoms. The number of hydrogen-bond donors (Lipinski definition) is 1. The summed E-state index contributed by atoms with van der Waals surface area (Å²) in [4.78, 5) is 4.16. The lowest BCUT2D eigenvalue weighted by Gasteiger charge is -2.11. The Morgan fingerprint density at radius 3 is 2.65 bits per heavy atom. The normalized spacial score (nSPS) is 11.9. The van der Waals surface area contributed by atoms with E-state index in [1.165, 1.54) is 23.9 Å². The number of ether oxygens (including phenoxy) is 1. The average molecular weight is 480 g/mol. The summed E-state index contributed by atoms with van der Waals surface area (Å²) in [5.41, 5.74) is 0.409. The maximum Gasteiger partial charge on any atom is 0.573 e. The zero-order valence-electron chi connectivity index (χ0n) is 9.76. The number of nitrogens with one attached hydrogen (secondary N) is 1. The molecule has 1 aromatic carbocycles. The maximum atomic E-state index is 12.2. The number of benzene rings is 1. The fourth-order valence-electron chi connectivity index (χ4n) is 1.12. The van der Waals surface area contributed by atoms with Crippen LogP contribution in [0.4, 0.5) is 18.9 Å². The Morgan fingerprint density at radius 1 is 1.55 bits per heavy atom. The van der Waals surface area contributed by atoms with Gasteiger partial charge in [0.2, 0.25) is 0 Å². The van der Waals surface area contributed by atoms with Gasteiger partial charge < -0.3 is 4.74 Å². The summed E-state index contributed by atoms with van der Waals surface area (Å²) >= 11 is 6.17. The zero-order valence-corrected chi connectivity index (χ0v) is 14.3. The van der Waals surface area contributed by atoms with Crippen molar-refractivity contribution in [3.8, 4) is 11.9 Å². The minimum atomic E-state index is -4.75. The number of aliphatic imine (C=N–C) groups is 1. The zero-order chi connectivity index (χ0) is 15.3. The van der Waals surface area contributed by atoms with Gasteiger partial charge in [-0.15, -0.1) is 13.2 Å². The fourth-order valence-corrected chi connectivity index (χ4v) is 3.06. The molecule has 0 radical (unpaired) electrons. The topological polar surface area (TPSA) is 57.4 Å². The van der Waals surface area contributed by atoms with Crippen molar-refractivity contribution in [2.45, 2.75) is 6.36 Å². The molecule has 0 saturated heterocycles. The van der Waals surface area contributed by atoms with Crippen molar-refractivity contribution < 1.29 is 17.9 Å². The van der Waals surface area contributed by atoms with Gasteiger partial charge in [-0.3, -0.25) is 5.32 Å². The van der Waals surface area contributed by atoms with Crippen LogP contribution in [0.5, 0.6) is 5.75 Å². The highest BCUT2D eigenvalue weighted by Gasteiger charge is 2.31. The highest BCUT2D eigenvalue weighted by atomic mass is 127. The first kappa shape index (κ1) is 17.4. The lowest BCUT2D eigenvalue weighted by molar-refractivity contribution is -0.274. The highest BCUT2D eigenvalue weighted by molar-refractivity contribution is 14.1. The number of hydrogen-bond acceptors (Lipinski definition) is 4. The Bertz CT molecular complexity index is 551. The molecule has 10 heteroatoms. The Hall–Kier alpha value is -0.670. The van der Waals surface area contributed by atoms with E-state index >= 15 is 0 Å². The van der Waals surface area contributed by atoms with E-state index < -0.39 is 6.36 Å². The second-order valence-electron chi connectivity index (χ2n) is 3.14. The first-order valence-electron chi connectivity index (χ1n) is 4.79. The second kappa shape index (κ2) is 7.37. The van der Waals surface area contributed by atoms with Gasteiger partial charge in [0.1, 0.15) is 5.75 Å². The minimum Gasteiger partial charge on any atom is -0.406 e. The van der Waals surface area contributed by atoms with Crippen molar-refractivity contribution >= 4 is 61.1 Å². The SMILES string of the molecule is CSC(=Nc1c(Br)cc(OC(F)(F)F)cc1I)NC#N. The monoisotopic (exact) mass is 479 g/mol. The summed E-state index contributed by atoms with van der Waals surface area (Å²) in [6.07, 6.45) is -1.31. The molecule has 0 heterocycles. The lowest BCUT2D eigenvalue weighted by atomic mass is 10.3. The van der Waals surface area contributed by atoms with Crippen molar-refractivity contribution in [1.82, 2.24) is 5.32 Å². The van der Waals surface area contributed by atoms with Crippen LogP contribution in [0.3, 0.4) is 0 Å². The summed E-state index contributed by atoms with van der Waals surface area (Å²) in [5, 5.41) is 11.2. The number of nitriles is 1. The molecular weight excluding hydrogens is 474 g/mol. The van der Waals surface area contributed by atoms with Crippen molar-refractivity contribution in [2.24, 2.45) is 4.99 Å². The van der Waals surface area contributed by atoms with Crippen LogP contribution in [0.2, 0.25) is 0 Å². The summed E-state index contributed by atoms with van der Waals surface area (Å²) < 4.78 is 41.1. The fraction of sp³-hybridized carbons (Fsp3) is 0.200. The quantitative estimate of drug-likeness (QED) is 0.225. The van der Waals surface area contributed by atoms with Crippen LogP contribution >= 0.6 is 50.3 Å². The van der Waals surface area contributed by atoms with Crippen molar-refractivity contribution in [3.05, 3.63) is 20.2 Å².